The molecule has 1 heterocycles. The Bertz CT molecular complexity index is 468. The Morgan fingerprint density at radius 2 is 1.85 bits per heavy atom. The monoisotopic (exact) mass is 279 g/mol. The van der Waals surface area contributed by atoms with Crippen molar-refractivity contribution in [3.63, 3.8) is 0 Å². The van der Waals surface area contributed by atoms with Crippen LogP contribution in [0.25, 0.3) is 0 Å². The first kappa shape index (κ1) is 14.8. The first-order valence-electron chi connectivity index (χ1n) is 7.19. The van der Waals surface area contributed by atoms with Crippen LogP contribution in [-0.2, 0) is 6.54 Å². The number of amidine groups is 1. The van der Waals surface area contributed by atoms with Gasteiger partial charge in [-0.15, -0.1) is 0 Å². The van der Waals surface area contributed by atoms with E-state index in [0.717, 1.165) is 18.7 Å². The molecule has 110 valence electrons. The van der Waals surface area contributed by atoms with Gasteiger partial charge in [-0.1, -0.05) is 30.5 Å². The van der Waals surface area contributed by atoms with Gasteiger partial charge in [0, 0.05) is 12.1 Å². The largest absolute Gasteiger partial charge is 0.409 e. The number of halogens is 1. The Morgan fingerprint density at radius 1 is 1.20 bits per heavy atom. The molecule has 0 unspecified atom stereocenters. The van der Waals surface area contributed by atoms with E-state index in [2.05, 4.69) is 10.1 Å². The molecule has 0 bridgehead atoms. The number of nitrogens with two attached hydrogens (primary N) is 1. The number of likely N-dealkylation sites (tertiary alicyclic amines) is 1. The standard InChI is InChI=1S/C15H22FN3O/c16-13-7-6-12(14(10-13)15(17)18-20)11-19-8-4-2-1-3-5-9-19/h6-7,10,20H,1-5,8-9,11H2,(H2,17,18). The number of hydrogen-bond donors (Lipinski definition) is 2. The van der Waals surface area contributed by atoms with Crippen molar-refractivity contribution in [2.24, 2.45) is 10.9 Å². The molecule has 0 spiro atoms. The van der Waals surface area contributed by atoms with Gasteiger partial charge in [0.05, 0.1) is 0 Å². The molecule has 0 atom stereocenters. The number of hydrogen-bond acceptors (Lipinski definition) is 3. The second-order valence-corrected chi connectivity index (χ2v) is 5.33. The number of benzene rings is 1. The summed E-state index contributed by atoms with van der Waals surface area (Å²) in [5.41, 5.74) is 7.03. The van der Waals surface area contributed by atoms with Crippen molar-refractivity contribution in [1.29, 1.82) is 0 Å². The number of rotatable bonds is 3. The summed E-state index contributed by atoms with van der Waals surface area (Å²) in [6, 6.07) is 4.48. The Hall–Kier alpha value is -1.62. The molecule has 4 nitrogen and oxygen atoms in total. The molecular formula is C15H22FN3O. The molecule has 3 N–H and O–H groups in total. The van der Waals surface area contributed by atoms with Crippen LogP contribution >= 0.6 is 0 Å². The van der Waals surface area contributed by atoms with Crippen molar-refractivity contribution >= 4 is 5.84 Å². The summed E-state index contributed by atoms with van der Waals surface area (Å²) >= 11 is 0. The lowest BCUT2D eigenvalue weighted by Gasteiger charge is -2.25. The third-order valence-electron chi connectivity index (χ3n) is 3.80. The van der Waals surface area contributed by atoms with Gasteiger partial charge in [-0.3, -0.25) is 4.90 Å². The molecule has 0 saturated carbocycles. The summed E-state index contributed by atoms with van der Waals surface area (Å²) in [6.45, 7) is 2.81. The molecule has 20 heavy (non-hydrogen) atoms. The molecule has 0 aromatic heterocycles. The first-order chi connectivity index (χ1) is 9.70. The van der Waals surface area contributed by atoms with E-state index >= 15 is 0 Å². The highest BCUT2D eigenvalue weighted by atomic mass is 19.1. The van der Waals surface area contributed by atoms with Crippen molar-refractivity contribution in [2.45, 2.75) is 38.6 Å². The van der Waals surface area contributed by atoms with Crippen LogP contribution in [0.3, 0.4) is 0 Å². The van der Waals surface area contributed by atoms with E-state index in [9.17, 15) is 4.39 Å². The average Bonchev–Trinajstić information content (AvgIpc) is 2.42. The van der Waals surface area contributed by atoms with Crippen LogP contribution in [0, 0.1) is 5.82 Å². The van der Waals surface area contributed by atoms with Gasteiger partial charge in [-0.05, 0) is 43.6 Å². The van der Waals surface area contributed by atoms with Crippen LogP contribution in [0.5, 0.6) is 0 Å². The second kappa shape index (κ2) is 7.24. The highest BCUT2D eigenvalue weighted by Gasteiger charge is 2.13. The van der Waals surface area contributed by atoms with E-state index in [0.29, 0.717) is 12.1 Å². The molecule has 1 aliphatic heterocycles. The summed E-state index contributed by atoms with van der Waals surface area (Å²) < 4.78 is 13.3. The minimum absolute atomic E-state index is 0.0356. The van der Waals surface area contributed by atoms with Gasteiger partial charge in [0.1, 0.15) is 5.82 Å². The van der Waals surface area contributed by atoms with Gasteiger partial charge < -0.3 is 10.9 Å². The topological polar surface area (TPSA) is 61.9 Å². The number of oxime groups is 1. The van der Waals surface area contributed by atoms with Gasteiger partial charge in [0.25, 0.3) is 0 Å². The van der Waals surface area contributed by atoms with Crippen molar-refractivity contribution in [3.8, 4) is 0 Å². The molecule has 1 aliphatic rings. The van der Waals surface area contributed by atoms with Crippen LogP contribution in [-0.4, -0.2) is 29.0 Å². The molecule has 2 rings (SSSR count). The Kier molecular flexibility index (Phi) is 5.35. The van der Waals surface area contributed by atoms with Gasteiger partial charge >= 0.3 is 0 Å². The third kappa shape index (κ3) is 3.93. The molecular weight excluding hydrogens is 257 g/mol. The maximum Gasteiger partial charge on any atom is 0.170 e. The minimum atomic E-state index is -0.372. The zero-order valence-corrected chi connectivity index (χ0v) is 11.7. The highest BCUT2D eigenvalue weighted by molar-refractivity contribution is 5.98. The zero-order chi connectivity index (χ0) is 14.4. The summed E-state index contributed by atoms with van der Waals surface area (Å²) in [5.74, 6) is -0.408. The Balaban J connectivity index is 2.15. The molecule has 1 fully saturated rings. The third-order valence-corrected chi connectivity index (χ3v) is 3.80. The van der Waals surface area contributed by atoms with Crippen LogP contribution in [0.15, 0.2) is 23.4 Å². The van der Waals surface area contributed by atoms with Crippen molar-refractivity contribution < 1.29 is 9.60 Å². The normalized spacial score (nSPS) is 18.6. The van der Waals surface area contributed by atoms with Crippen LogP contribution in [0.1, 0.15) is 43.2 Å². The van der Waals surface area contributed by atoms with E-state index in [-0.39, 0.29) is 11.7 Å². The van der Waals surface area contributed by atoms with E-state index in [4.69, 9.17) is 10.9 Å². The lowest BCUT2D eigenvalue weighted by Crippen LogP contribution is -2.28. The summed E-state index contributed by atoms with van der Waals surface area (Å²) in [5, 5.41) is 11.8. The first-order valence-corrected chi connectivity index (χ1v) is 7.19. The maximum atomic E-state index is 13.3. The molecule has 0 amide bonds. The molecule has 1 aromatic carbocycles. The summed E-state index contributed by atoms with van der Waals surface area (Å²) in [6.07, 6.45) is 6.25. The van der Waals surface area contributed by atoms with Gasteiger partial charge in [-0.2, -0.15) is 0 Å². The fourth-order valence-corrected chi connectivity index (χ4v) is 2.69. The molecule has 0 radical (unpaired) electrons. The smallest absolute Gasteiger partial charge is 0.170 e. The summed E-state index contributed by atoms with van der Waals surface area (Å²) in [7, 11) is 0. The van der Waals surface area contributed by atoms with Gasteiger partial charge in [0.2, 0.25) is 0 Å². The molecule has 0 aliphatic carbocycles. The van der Waals surface area contributed by atoms with Crippen molar-refractivity contribution in [2.75, 3.05) is 13.1 Å². The quantitative estimate of drug-likeness (QED) is 0.387. The summed E-state index contributed by atoms with van der Waals surface area (Å²) in [4.78, 5) is 2.36. The Morgan fingerprint density at radius 3 is 2.50 bits per heavy atom. The van der Waals surface area contributed by atoms with E-state index in [1.54, 1.807) is 6.07 Å². The van der Waals surface area contributed by atoms with E-state index < -0.39 is 0 Å². The minimum Gasteiger partial charge on any atom is -0.409 e. The van der Waals surface area contributed by atoms with Crippen molar-refractivity contribution in [1.82, 2.24) is 4.90 Å². The van der Waals surface area contributed by atoms with E-state index in [1.165, 1.54) is 44.2 Å². The molecule has 5 heteroatoms. The lowest BCUT2D eigenvalue weighted by atomic mass is 10.0. The SMILES string of the molecule is NC(=NO)c1cc(F)ccc1CN1CCCCCCC1. The van der Waals surface area contributed by atoms with Crippen molar-refractivity contribution in [3.05, 3.63) is 35.1 Å². The van der Waals surface area contributed by atoms with Crippen LogP contribution in [0.4, 0.5) is 4.39 Å². The van der Waals surface area contributed by atoms with Gasteiger partial charge in [-0.25, -0.2) is 4.39 Å². The molecule has 1 aromatic rings. The molecule has 1 saturated heterocycles. The van der Waals surface area contributed by atoms with Crippen LogP contribution in [0.2, 0.25) is 0 Å². The number of nitrogens with zero attached hydrogens (tertiary/aromatic N) is 2. The Labute approximate surface area is 119 Å². The lowest BCUT2D eigenvalue weighted by molar-refractivity contribution is 0.239. The predicted octanol–water partition coefficient (Wildman–Crippen LogP) is 2.69. The fraction of sp³-hybridized carbons (Fsp3) is 0.533. The van der Waals surface area contributed by atoms with Crippen LogP contribution < -0.4 is 5.73 Å². The fourth-order valence-electron chi connectivity index (χ4n) is 2.69. The maximum absolute atomic E-state index is 13.3. The second-order valence-electron chi connectivity index (χ2n) is 5.33. The highest BCUT2D eigenvalue weighted by Crippen LogP contribution is 2.17. The average molecular weight is 279 g/mol. The van der Waals surface area contributed by atoms with E-state index in [1.807, 2.05) is 0 Å². The zero-order valence-electron chi connectivity index (χ0n) is 11.7. The predicted molar refractivity (Wildman–Crippen MR) is 77.3 cm³/mol. The van der Waals surface area contributed by atoms with Gasteiger partial charge in [0.15, 0.2) is 5.84 Å².